The number of carbonyl (C=O) groups is 10. The fraction of sp³-hybridized carbons (Fsp3) is 0.0789. The molecule has 0 aliphatic carbocycles. The zero-order chi connectivity index (χ0) is 89.4. The minimum absolute atomic E-state index is 0.295. The molecule has 1 aliphatic rings. The van der Waals surface area contributed by atoms with E-state index < -0.39 is 325 Å². The average Bonchev–Trinajstić information content (AvgIpc) is 0.764. The molecule has 1 aliphatic heterocycles. The lowest BCUT2D eigenvalue weighted by Gasteiger charge is -2.43. The lowest BCUT2D eigenvalue weighted by molar-refractivity contribution is -0.282. The van der Waals surface area contributed by atoms with E-state index in [-0.39, 0.29) is 0 Å². The molecule has 0 unspecified atom stereocenters. The van der Waals surface area contributed by atoms with Crippen molar-refractivity contribution in [1.29, 1.82) is 0 Å². The number of phenols is 25. The normalized spacial score (nSPS) is 14.6. The Morgan fingerprint density at radius 3 is 0.598 bits per heavy atom. The second-order valence-corrected chi connectivity index (χ2v) is 25.1. The Morgan fingerprint density at radius 2 is 0.377 bits per heavy atom. The fourth-order valence-electron chi connectivity index (χ4n) is 10.8. The number of phenolic OH excluding ortho intramolecular Hbond substituents is 25. The largest absolute Gasteiger partial charge is 0.504 e. The summed E-state index contributed by atoms with van der Waals surface area (Å²) < 4.78 is 60.4. The van der Waals surface area contributed by atoms with Crippen LogP contribution in [0.4, 0.5) is 0 Å². The number of benzene rings is 10. The molecule has 10 aromatic carbocycles. The van der Waals surface area contributed by atoms with Gasteiger partial charge in [-0.1, -0.05) is 0 Å². The number of hydrogen-bond donors (Lipinski definition) is 25. The van der Waals surface area contributed by atoms with Gasteiger partial charge in [-0.3, -0.25) is 0 Å². The fourth-order valence-corrected chi connectivity index (χ4v) is 10.8. The zero-order valence-electron chi connectivity index (χ0n) is 59.9. The van der Waals surface area contributed by atoms with Gasteiger partial charge in [-0.15, -0.1) is 0 Å². The summed E-state index contributed by atoms with van der Waals surface area (Å²) in [4.78, 5) is 142. The monoisotopic (exact) mass is 1700 g/mol. The van der Waals surface area contributed by atoms with Crippen molar-refractivity contribution in [3.8, 4) is 172 Å². The molecule has 25 N–H and O–H groups in total. The van der Waals surface area contributed by atoms with E-state index >= 15 is 14.4 Å². The van der Waals surface area contributed by atoms with E-state index in [0.29, 0.717) is 121 Å². The summed E-state index contributed by atoms with van der Waals surface area (Å²) in [5.41, 5.74) is -9.89. The maximum absolute atomic E-state index is 15.3. The minimum Gasteiger partial charge on any atom is -0.504 e. The second kappa shape index (κ2) is 33.4. The van der Waals surface area contributed by atoms with Gasteiger partial charge in [-0.2, -0.15) is 0 Å². The molecule has 5 atom stereocenters. The predicted molar refractivity (Wildman–Crippen MR) is 383 cm³/mol. The first-order valence-electron chi connectivity index (χ1n) is 33.2. The highest BCUT2D eigenvalue weighted by atomic mass is 16.8. The smallest absolute Gasteiger partial charge is 0.343 e. The molecular formula is C76H52O46. The van der Waals surface area contributed by atoms with E-state index in [1.807, 2.05) is 0 Å². The number of hydrogen-bond acceptors (Lipinski definition) is 46. The van der Waals surface area contributed by atoms with Crippen LogP contribution in [-0.4, -0.2) is 225 Å². The van der Waals surface area contributed by atoms with Gasteiger partial charge in [0.2, 0.25) is 41.1 Å². The molecule has 46 nitrogen and oxygen atoms in total. The Hall–Kier alpha value is -18.1. The number of esters is 10. The van der Waals surface area contributed by atoms with Crippen LogP contribution in [0.15, 0.2) is 121 Å². The lowest BCUT2D eigenvalue weighted by atomic mass is 9.97. The van der Waals surface area contributed by atoms with Crippen LogP contribution >= 0.6 is 0 Å². The Labute approximate surface area is 671 Å². The Balaban J connectivity index is 1.09. The number of ether oxygens (including phenoxy) is 11. The Kier molecular flexibility index (Phi) is 23.2. The average molecular weight is 1700 g/mol. The van der Waals surface area contributed by atoms with Gasteiger partial charge in [0.25, 0.3) is 0 Å². The topological polar surface area (TPSA) is 778 Å². The summed E-state index contributed by atoms with van der Waals surface area (Å²) in [5, 5.41) is 261. The maximum atomic E-state index is 15.3. The van der Waals surface area contributed by atoms with Gasteiger partial charge in [-0.05, 0) is 121 Å². The SMILES string of the molecule is O=C(OC[C@@H]1O[C@@H](OC(=O)c2cc(O)c(O)c(OC(=O)c3cc(O)c(O)c(O)c3)c2)[C@@H](OC(=O)c2cc(O)c(O)c(OC(=O)c3cc(O)c(O)c(O)c3)c2)[C@H](OC(=O)c2cc(O)c(O)c(OC(=O)c3cc(O)c(O)c(O)c3)c2)[C@H]1OC(=O)c1cc(O)c(O)c(OC(=O)c2cc(O)c(O)c(O)c2)c1)c1cc(O)c(O)c(OC(=O)c2cc(O)c(O)c(O)c2)c1. The molecule has 1 heterocycles. The van der Waals surface area contributed by atoms with E-state index in [9.17, 15) is 161 Å². The molecule has 1 fully saturated rings. The van der Waals surface area contributed by atoms with Crippen molar-refractivity contribution < 1.29 is 228 Å². The summed E-state index contributed by atoms with van der Waals surface area (Å²) in [6.07, 6.45) is -15.1. The Morgan fingerprint density at radius 1 is 0.205 bits per heavy atom. The molecule has 0 radical (unpaired) electrons. The van der Waals surface area contributed by atoms with Crippen molar-refractivity contribution in [2.24, 2.45) is 0 Å². The molecule has 10 aromatic rings. The zero-order valence-corrected chi connectivity index (χ0v) is 59.9. The highest BCUT2D eigenvalue weighted by Crippen LogP contribution is 2.48. The molecule has 632 valence electrons. The van der Waals surface area contributed by atoms with Crippen molar-refractivity contribution in [2.45, 2.75) is 30.7 Å². The summed E-state index contributed by atoms with van der Waals surface area (Å²) in [6.45, 7) is -1.71. The van der Waals surface area contributed by atoms with Crippen molar-refractivity contribution in [2.75, 3.05) is 6.61 Å². The molecule has 0 amide bonds. The summed E-state index contributed by atoms with van der Waals surface area (Å²) >= 11 is 0. The molecule has 46 heteroatoms. The van der Waals surface area contributed by atoms with E-state index in [0.717, 1.165) is 0 Å². The summed E-state index contributed by atoms with van der Waals surface area (Å²) in [6, 6.07) is 8.56. The van der Waals surface area contributed by atoms with Crippen LogP contribution in [0.2, 0.25) is 0 Å². The van der Waals surface area contributed by atoms with Crippen molar-refractivity contribution in [1.82, 2.24) is 0 Å². The number of carbonyl (C=O) groups excluding carboxylic acids is 10. The third-order valence-electron chi connectivity index (χ3n) is 16.9. The van der Waals surface area contributed by atoms with Gasteiger partial charge in [0, 0.05) is 0 Å². The molecule has 0 saturated carbocycles. The quantitative estimate of drug-likeness (QED) is 0.0198. The number of aromatic hydroxyl groups is 25. The van der Waals surface area contributed by atoms with Crippen molar-refractivity contribution >= 4 is 59.7 Å². The molecule has 122 heavy (non-hydrogen) atoms. The third kappa shape index (κ3) is 17.6. The lowest BCUT2D eigenvalue weighted by Crippen LogP contribution is -2.63. The first-order valence-corrected chi connectivity index (χ1v) is 33.2. The molecular weight excluding hydrogens is 1650 g/mol. The highest BCUT2D eigenvalue weighted by Gasteiger charge is 2.55. The first-order chi connectivity index (χ1) is 57.4. The van der Waals surface area contributed by atoms with Gasteiger partial charge in [-0.25, -0.2) is 47.9 Å². The maximum Gasteiger partial charge on any atom is 0.343 e. The first kappa shape index (κ1) is 84.8. The molecule has 0 spiro atoms. The summed E-state index contributed by atoms with van der Waals surface area (Å²) in [5.74, 6) is -56.0. The van der Waals surface area contributed by atoms with E-state index in [4.69, 9.17) is 52.1 Å². The van der Waals surface area contributed by atoms with Crippen LogP contribution in [0, 0.1) is 0 Å². The molecule has 0 bridgehead atoms. The van der Waals surface area contributed by atoms with Crippen LogP contribution in [0.25, 0.3) is 0 Å². The van der Waals surface area contributed by atoms with Gasteiger partial charge >= 0.3 is 59.7 Å². The van der Waals surface area contributed by atoms with Crippen LogP contribution in [0.5, 0.6) is 172 Å². The molecule has 1 saturated heterocycles. The van der Waals surface area contributed by atoms with E-state index in [2.05, 4.69) is 0 Å². The van der Waals surface area contributed by atoms with Gasteiger partial charge < -0.3 is 180 Å². The van der Waals surface area contributed by atoms with Gasteiger partial charge in [0.05, 0.1) is 55.6 Å². The Bertz CT molecular complexity index is 5970. The van der Waals surface area contributed by atoms with E-state index in [1.54, 1.807) is 0 Å². The molecule has 11 rings (SSSR count). The molecule has 0 aromatic heterocycles. The third-order valence-corrected chi connectivity index (χ3v) is 16.9. The predicted octanol–water partition coefficient (Wildman–Crippen LogP) is 4.84. The summed E-state index contributed by atoms with van der Waals surface area (Å²) in [7, 11) is 0. The standard InChI is InChI=1S/C76H52O46/c77-32-1-22(2-33(78)53(32)92)67(103)113-47-16-27(11-42(87)58(47)97)66(102)112-21-52-63(119-72(108)28-12-43(88)59(98)48(17-28)114-68(104)23-3-34(79)54(93)35(80)4-23)64(120-73(109)29-13-44(89)60(99)49(18-29)115-69(105)24-5-36(81)55(94)37(82)6-24)65(121-74(110)30-14-45(90)61(100)50(19-30)116-70(106)25-7-38(83)56(95)39(84)8-25)76(118-52)122-75(111)31-15-46(91)62(101)51(20-31)117-71(107)26-9-40(85)57(96)41(86)10-26/h1-20,52,63-65,76-101H,21H2/t52-,63-,64+,65-,76-/m0/s1. The van der Waals surface area contributed by atoms with Gasteiger partial charge in [0.1, 0.15) is 12.7 Å². The van der Waals surface area contributed by atoms with Crippen LogP contribution < -0.4 is 23.7 Å². The second-order valence-electron chi connectivity index (χ2n) is 25.1. The van der Waals surface area contributed by atoms with E-state index in [1.165, 1.54) is 0 Å². The van der Waals surface area contributed by atoms with Crippen LogP contribution in [0.3, 0.4) is 0 Å². The van der Waals surface area contributed by atoms with Crippen molar-refractivity contribution in [3.05, 3.63) is 177 Å². The van der Waals surface area contributed by atoms with Gasteiger partial charge in [0.15, 0.2) is 156 Å². The van der Waals surface area contributed by atoms with Crippen molar-refractivity contribution in [3.63, 3.8) is 0 Å². The highest BCUT2D eigenvalue weighted by molar-refractivity contribution is 6.00. The van der Waals surface area contributed by atoms with Crippen LogP contribution in [-0.2, 0) is 28.4 Å². The van der Waals surface area contributed by atoms with Crippen LogP contribution in [0.1, 0.15) is 104 Å². The minimum atomic E-state index is -3.12. The number of rotatable bonds is 21.